The molecule has 36 heavy (non-hydrogen) atoms. The van der Waals surface area contributed by atoms with Crippen LogP contribution in [0.15, 0.2) is 69.0 Å². The van der Waals surface area contributed by atoms with E-state index < -0.39 is 18.3 Å². The predicted octanol–water partition coefficient (Wildman–Crippen LogP) is 5.17. The van der Waals surface area contributed by atoms with Crippen LogP contribution in [0.1, 0.15) is 11.4 Å². The van der Waals surface area contributed by atoms with E-state index in [2.05, 4.69) is 31.3 Å². The van der Waals surface area contributed by atoms with E-state index in [0.29, 0.717) is 22.3 Å². The van der Waals surface area contributed by atoms with Crippen molar-refractivity contribution in [3.8, 4) is 11.5 Å². The van der Waals surface area contributed by atoms with E-state index in [9.17, 15) is 14.0 Å². The van der Waals surface area contributed by atoms with Crippen LogP contribution in [0.4, 0.5) is 10.1 Å². The van der Waals surface area contributed by atoms with Gasteiger partial charge in [-0.1, -0.05) is 39.7 Å². The molecule has 11 heteroatoms. The van der Waals surface area contributed by atoms with Crippen LogP contribution in [0, 0.1) is 12.7 Å². The van der Waals surface area contributed by atoms with Crippen LogP contribution in [0.5, 0.6) is 11.5 Å². The van der Waals surface area contributed by atoms with Crippen molar-refractivity contribution in [1.82, 2.24) is 9.66 Å². The summed E-state index contributed by atoms with van der Waals surface area (Å²) in [6, 6.07) is 14.2. The summed E-state index contributed by atoms with van der Waals surface area (Å²) in [5, 5.41) is 7.27. The Hall–Kier alpha value is -3.76. The highest BCUT2D eigenvalue weighted by Gasteiger charge is 2.15. The highest BCUT2D eigenvalue weighted by molar-refractivity contribution is 9.10. The average Bonchev–Trinajstić information content (AvgIpc) is 2.85. The predicted molar refractivity (Wildman–Crippen MR) is 140 cm³/mol. The number of rotatable bonds is 7. The highest BCUT2D eigenvalue weighted by atomic mass is 79.9. The molecular formula is C25H19BrClFN4O4. The molecule has 1 heterocycles. The van der Waals surface area contributed by atoms with Gasteiger partial charge in [-0.3, -0.25) is 9.59 Å². The molecule has 0 fully saturated rings. The minimum absolute atomic E-state index is 0.0387. The summed E-state index contributed by atoms with van der Waals surface area (Å²) in [6.45, 7) is 1.25. The van der Waals surface area contributed by atoms with Crippen LogP contribution in [-0.4, -0.2) is 35.5 Å². The molecule has 0 aliphatic rings. The molecular weight excluding hydrogens is 555 g/mol. The van der Waals surface area contributed by atoms with E-state index in [1.54, 1.807) is 37.3 Å². The fraction of sp³-hybridized carbons (Fsp3) is 0.120. The van der Waals surface area contributed by atoms with Gasteiger partial charge in [0.05, 0.1) is 34.9 Å². The molecule has 3 aromatic carbocycles. The first-order valence-electron chi connectivity index (χ1n) is 10.5. The molecule has 0 saturated carbocycles. The van der Waals surface area contributed by atoms with E-state index >= 15 is 0 Å². The van der Waals surface area contributed by atoms with E-state index in [-0.39, 0.29) is 27.8 Å². The Morgan fingerprint density at radius 2 is 2.03 bits per heavy atom. The van der Waals surface area contributed by atoms with Gasteiger partial charge in [-0.2, -0.15) is 9.78 Å². The first kappa shape index (κ1) is 25.3. The maximum absolute atomic E-state index is 13.7. The summed E-state index contributed by atoms with van der Waals surface area (Å²) in [7, 11) is 1.42. The van der Waals surface area contributed by atoms with Crippen molar-refractivity contribution in [1.29, 1.82) is 0 Å². The summed E-state index contributed by atoms with van der Waals surface area (Å²) in [5.74, 6) is -0.356. The summed E-state index contributed by atoms with van der Waals surface area (Å²) < 4.78 is 26.6. The lowest BCUT2D eigenvalue weighted by molar-refractivity contribution is -0.118. The van der Waals surface area contributed by atoms with Crippen molar-refractivity contribution in [2.45, 2.75) is 6.92 Å². The van der Waals surface area contributed by atoms with Gasteiger partial charge in [0.1, 0.15) is 11.6 Å². The zero-order valence-corrected chi connectivity index (χ0v) is 21.4. The lowest BCUT2D eigenvalue weighted by Crippen LogP contribution is -2.21. The van der Waals surface area contributed by atoms with E-state index in [0.717, 1.165) is 4.47 Å². The van der Waals surface area contributed by atoms with Crippen molar-refractivity contribution >= 4 is 56.2 Å². The molecule has 1 amide bonds. The smallest absolute Gasteiger partial charge is 0.282 e. The summed E-state index contributed by atoms with van der Waals surface area (Å²) in [4.78, 5) is 29.6. The van der Waals surface area contributed by atoms with E-state index in [4.69, 9.17) is 21.1 Å². The van der Waals surface area contributed by atoms with Crippen molar-refractivity contribution in [3.63, 3.8) is 0 Å². The number of benzene rings is 3. The van der Waals surface area contributed by atoms with Crippen LogP contribution in [0.2, 0.25) is 5.02 Å². The number of nitrogens with one attached hydrogen (secondary N) is 1. The summed E-state index contributed by atoms with van der Waals surface area (Å²) in [5.41, 5.74) is 0.795. The second-order valence-electron chi connectivity index (χ2n) is 7.53. The maximum atomic E-state index is 13.7. The number of ether oxygens (including phenoxy) is 2. The first-order valence-corrected chi connectivity index (χ1v) is 11.7. The number of hydrogen-bond donors (Lipinski definition) is 1. The Bertz CT molecular complexity index is 1560. The molecule has 4 rings (SSSR count). The largest absolute Gasteiger partial charge is 0.493 e. The average molecular weight is 574 g/mol. The number of aryl methyl sites for hydroxylation is 1. The molecule has 0 spiro atoms. The van der Waals surface area contributed by atoms with Gasteiger partial charge in [0.2, 0.25) is 0 Å². The number of para-hydroxylation sites is 1. The third-order valence-electron chi connectivity index (χ3n) is 5.04. The van der Waals surface area contributed by atoms with Crippen LogP contribution >= 0.6 is 27.5 Å². The van der Waals surface area contributed by atoms with Crippen LogP contribution in [-0.2, 0) is 4.79 Å². The molecule has 0 atom stereocenters. The minimum Gasteiger partial charge on any atom is -0.493 e. The molecule has 4 aromatic rings. The number of hydrogen-bond acceptors (Lipinski definition) is 6. The van der Waals surface area contributed by atoms with Crippen LogP contribution in [0.25, 0.3) is 10.9 Å². The van der Waals surface area contributed by atoms with Gasteiger partial charge in [0.25, 0.3) is 11.5 Å². The number of carbonyl (C=O) groups excluding carboxylic acids is 1. The normalized spacial score (nSPS) is 11.1. The number of carbonyl (C=O) groups is 1. The molecule has 184 valence electrons. The topological polar surface area (TPSA) is 94.8 Å². The Kier molecular flexibility index (Phi) is 7.66. The molecule has 0 radical (unpaired) electrons. The fourth-order valence-electron chi connectivity index (χ4n) is 3.36. The monoisotopic (exact) mass is 572 g/mol. The number of halogens is 3. The Balaban J connectivity index is 1.55. The second-order valence-corrected chi connectivity index (χ2v) is 8.86. The van der Waals surface area contributed by atoms with Gasteiger partial charge in [0, 0.05) is 4.47 Å². The van der Waals surface area contributed by atoms with Gasteiger partial charge in [-0.15, -0.1) is 0 Å². The lowest BCUT2D eigenvalue weighted by Gasteiger charge is -2.13. The Morgan fingerprint density at radius 1 is 1.25 bits per heavy atom. The zero-order valence-electron chi connectivity index (χ0n) is 19.1. The molecule has 0 saturated heterocycles. The second kappa shape index (κ2) is 10.9. The summed E-state index contributed by atoms with van der Waals surface area (Å²) >= 11 is 9.74. The Morgan fingerprint density at radius 3 is 2.78 bits per heavy atom. The molecule has 1 N–H and O–H groups in total. The minimum atomic E-state index is -0.575. The number of nitrogens with zero attached hydrogens (tertiary/aromatic N) is 3. The molecule has 1 aromatic heterocycles. The molecule has 0 aliphatic carbocycles. The number of amides is 1. The van der Waals surface area contributed by atoms with E-state index in [1.165, 1.54) is 36.2 Å². The Labute approximate surface area is 218 Å². The molecule has 0 aliphatic heterocycles. The first-order chi connectivity index (χ1) is 17.3. The summed E-state index contributed by atoms with van der Waals surface area (Å²) in [6.07, 6.45) is 1.43. The zero-order chi connectivity index (χ0) is 25.8. The van der Waals surface area contributed by atoms with Gasteiger partial charge in [0.15, 0.2) is 18.1 Å². The van der Waals surface area contributed by atoms with Gasteiger partial charge >= 0.3 is 0 Å². The fourth-order valence-corrected chi connectivity index (χ4v) is 4.00. The number of fused-ring (bicyclic) bond motifs is 1. The molecule has 0 bridgehead atoms. The standard InChI is InChI=1S/C25H19BrClFN4O4/c1-14-30-20-8-7-16(26)11-17(20)25(34)32(14)29-12-15-9-18(27)24(22(10-15)35-2)36-13-23(33)31-21-6-4-3-5-19(21)28/h3-12H,13H2,1-2H3,(H,31,33). The maximum Gasteiger partial charge on any atom is 0.282 e. The molecule has 0 unspecified atom stereocenters. The van der Waals surface area contributed by atoms with Crippen molar-refractivity contribution in [2.75, 3.05) is 19.0 Å². The van der Waals surface area contributed by atoms with Crippen molar-refractivity contribution < 1.29 is 18.7 Å². The number of aromatic nitrogens is 2. The van der Waals surface area contributed by atoms with Crippen molar-refractivity contribution in [2.24, 2.45) is 5.10 Å². The van der Waals surface area contributed by atoms with Crippen molar-refractivity contribution in [3.05, 3.63) is 91.7 Å². The van der Waals surface area contributed by atoms with Gasteiger partial charge in [-0.25, -0.2) is 9.37 Å². The van der Waals surface area contributed by atoms with Crippen LogP contribution < -0.4 is 20.3 Å². The third kappa shape index (κ3) is 5.55. The quantitative estimate of drug-likeness (QED) is 0.308. The highest BCUT2D eigenvalue weighted by Crippen LogP contribution is 2.36. The third-order valence-corrected chi connectivity index (χ3v) is 5.81. The van der Waals surface area contributed by atoms with Crippen LogP contribution in [0.3, 0.4) is 0 Å². The number of methoxy groups -OCH3 is 1. The molecule has 8 nitrogen and oxygen atoms in total. The van der Waals surface area contributed by atoms with Gasteiger partial charge in [-0.05, 0) is 55.0 Å². The number of anilines is 1. The van der Waals surface area contributed by atoms with Gasteiger partial charge < -0.3 is 14.8 Å². The van der Waals surface area contributed by atoms with E-state index in [1.807, 2.05) is 6.07 Å². The lowest BCUT2D eigenvalue weighted by atomic mass is 10.2. The SMILES string of the molecule is COc1cc(C=Nn2c(C)nc3ccc(Br)cc3c2=O)cc(Cl)c1OCC(=O)Nc1ccccc1F.